The molecule has 0 unspecified atom stereocenters. The van der Waals surface area contributed by atoms with Crippen LogP contribution in [0.3, 0.4) is 0 Å². The average Bonchev–Trinajstić information content (AvgIpc) is 1.60. The first-order valence-electron chi connectivity index (χ1n) is 32.8. The number of anilines is 4. The van der Waals surface area contributed by atoms with Gasteiger partial charge in [-0.15, -0.1) is 0 Å². The minimum atomic E-state index is -1.16. The zero-order valence-electron chi connectivity index (χ0n) is 54.7. The summed E-state index contributed by atoms with van der Waals surface area (Å²) in [7, 11) is 0. The summed E-state index contributed by atoms with van der Waals surface area (Å²) < 4.78 is 47.3. The van der Waals surface area contributed by atoms with Crippen molar-refractivity contribution in [2.24, 2.45) is 0 Å². The molecule has 512 valence electrons. The van der Waals surface area contributed by atoms with E-state index < -0.39 is 11.6 Å². The van der Waals surface area contributed by atoms with Crippen molar-refractivity contribution < 1.29 is 28.4 Å². The van der Waals surface area contributed by atoms with Crippen LogP contribution >= 0.6 is 46.4 Å². The normalized spacial score (nSPS) is 20.1. The van der Waals surface area contributed by atoms with Crippen LogP contribution in [-0.4, -0.2) is 149 Å². The van der Waals surface area contributed by atoms with Crippen LogP contribution < -0.4 is 40.5 Å². The Kier molecular flexibility index (Phi) is 20.9. The highest BCUT2D eigenvalue weighted by Gasteiger charge is 2.47. The Morgan fingerprint density at radius 1 is 0.459 bits per heavy atom. The monoisotopic (exact) mass is 1410 g/mol. The second-order valence-electron chi connectivity index (χ2n) is 24.6. The van der Waals surface area contributed by atoms with Gasteiger partial charge in [-0.1, -0.05) is 72.4 Å². The third-order valence-corrected chi connectivity index (χ3v) is 19.4. The highest BCUT2D eigenvalue weighted by molar-refractivity contribution is 6.35. The lowest BCUT2D eigenvalue weighted by atomic mass is 10.1. The zero-order valence-corrected chi connectivity index (χ0v) is 57.7. The second-order valence-corrected chi connectivity index (χ2v) is 26.3. The van der Waals surface area contributed by atoms with E-state index in [0.717, 1.165) is 111 Å². The molecule has 4 aliphatic heterocycles. The van der Waals surface area contributed by atoms with E-state index in [-0.39, 0.29) is 48.8 Å². The van der Waals surface area contributed by atoms with Crippen molar-refractivity contribution in [1.82, 2.24) is 58.2 Å². The number of aromatic nitrogens is 12. The first kappa shape index (κ1) is 67.8. The quantitative estimate of drug-likeness (QED) is 0.0618. The lowest BCUT2D eigenvalue weighted by Gasteiger charge is -2.37. The summed E-state index contributed by atoms with van der Waals surface area (Å²) in [5, 5.41) is 19.0. The minimum absolute atomic E-state index is 0.0645. The van der Waals surface area contributed by atoms with E-state index in [2.05, 4.69) is 98.5 Å². The second kappa shape index (κ2) is 30.2. The third-order valence-electron chi connectivity index (χ3n) is 18.3. The molecule has 4 fully saturated rings. The number of benzene rings is 6. The fourth-order valence-corrected chi connectivity index (χ4v) is 13.6. The van der Waals surface area contributed by atoms with Crippen molar-refractivity contribution in [2.45, 2.75) is 89.5 Å². The number of piperazine rings is 2. The van der Waals surface area contributed by atoms with Crippen molar-refractivity contribution >= 4 is 69.2 Å². The molecule has 6 atom stereocenters. The number of rotatable bonds is 22. The van der Waals surface area contributed by atoms with Crippen LogP contribution in [0.25, 0.3) is 11.4 Å². The smallest absolute Gasteiger partial charge is 0.350 e. The Labute approximate surface area is 586 Å². The van der Waals surface area contributed by atoms with E-state index in [4.69, 9.17) is 74.8 Å². The van der Waals surface area contributed by atoms with Crippen molar-refractivity contribution in [3.05, 3.63) is 224 Å². The largest absolute Gasteiger partial charge is 0.491 e. The molecule has 24 nitrogen and oxygen atoms in total. The fourth-order valence-electron chi connectivity index (χ4n) is 12.5. The minimum Gasteiger partial charge on any atom is -0.491 e. The molecule has 4 aliphatic rings. The van der Waals surface area contributed by atoms with Crippen LogP contribution in [0, 0.1) is 0 Å². The Bertz CT molecular complexity index is 4090. The van der Waals surface area contributed by atoms with E-state index in [1.807, 2.05) is 88.4 Å². The summed E-state index contributed by atoms with van der Waals surface area (Å²) in [6.45, 7) is 17.0. The topological polar surface area (TPSA) is 209 Å². The SMILES string of the molecule is CC[C@@H](C)n1ncn(-c2ccc(N3CCN(c4ccc(OC[C@H]5CO[C@](Cn6cncn6)(c6ccc(Cl)cc6Cl)O5)cc4)CC3)cc2)c1=O.CC[C@H](C)n1ncn(-c2ccc(N3CCN(c4ccc(OC[C@@H]5CO[C@@](Cn6cncn6)(c6ccc(Cl)cc6Cl)O5)cc4)CC3)cc2)c1=O. The fraction of sp³-hybridized carbons (Fsp3) is 0.371. The Morgan fingerprint density at radius 3 is 1.11 bits per heavy atom. The summed E-state index contributed by atoms with van der Waals surface area (Å²) in [6, 6.07) is 43.2. The Balaban J connectivity index is 0.000000176. The van der Waals surface area contributed by atoms with Crippen molar-refractivity contribution in [3.63, 3.8) is 0 Å². The van der Waals surface area contributed by atoms with Gasteiger partial charge >= 0.3 is 11.4 Å². The van der Waals surface area contributed by atoms with Crippen LogP contribution in [0.15, 0.2) is 181 Å². The van der Waals surface area contributed by atoms with Gasteiger partial charge in [0, 0.05) is 96.3 Å². The third kappa shape index (κ3) is 15.1. The number of ether oxygens (including phenoxy) is 6. The molecule has 4 aromatic heterocycles. The molecule has 6 aromatic carbocycles. The van der Waals surface area contributed by atoms with E-state index in [0.29, 0.717) is 57.6 Å². The van der Waals surface area contributed by atoms with Gasteiger partial charge in [0.1, 0.15) is 88.0 Å². The van der Waals surface area contributed by atoms with Crippen LogP contribution in [0.5, 0.6) is 11.5 Å². The molecule has 0 bridgehead atoms. The number of hydrogen-bond donors (Lipinski definition) is 0. The molecule has 0 aliphatic carbocycles. The molecule has 4 saturated heterocycles. The van der Waals surface area contributed by atoms with Gasteiger partial charge in [-0.3, -0.25) is 0 Å². The van der Waals surface area contributed by atoms with Gasteiger partial charge in [-0.05, 0) is 148 Å². The summed E-state index contributed by atoms with van der Waals surface area (Å²) >= 11 is 25.5. The maximum Gasteiger partial charge on any atom is 0.350 e. The molecule has 0 spiro atoms. The molecular weight excluding hydrogens is 1330 g/mol. The van der Waals surface area contributed by atoms with E-state index in [9.17, 15) is 9.59 Å². The molecule has 0 amide bonds. The molecule has 0 saturated carbocycles. The lowest BCUT2D eigenvalue weighted by molar-refractivity contribution is -0.191. The van der Waals surface area contributed by atoms with E-state index in [1.54, 1.807) is 68.1 Å². The number of halogens is 4. The summed E-state index contributed by atoms with van der Waals surface area (Å²) in [5.41, 5.74) is 7.28. The van der Waals surface area contributed by atoms with E-state index in [1.165, 1.54) is 22.0 Å². The van der Waals surface area contributed by atoms with E-state index >= 15 is 0 Å². The number of nitrogens with zero attached hydrogens (tertiary/aromatic N) is 16. The first-order chi connectivity index (χ1) is 47.6. The van der Waals surface area contributed by atoms with Crippen LogP contribution in [0.2, 0.25) is 20.1 Å². The highest BCUT2D eigenvalue weighted by Crippen LogP contribution is 2.43. The summed E-state index contributed by atoms with van der Waals surface area (Å²) in [6.07, 6.45) is 10.4. The van der Waals surface area contributed by atoms with Crippen molar-refractivity contribution in [2.75, 3.05) is 98.4 Å². The predicted octanol–water partition coefficient (Wildman–Crippen LogP) is 11.2. The highest BCUT2D eigenvalue weighted by atomic mass is 35.5. The van der Waals surface area contributed by atoms with Gasteiger partial charge in [0.25, 0.3) is 0 Å². The molecule has 98 heavy (non-hydrogen) atoms. The van der Waals surface area contributed by atoms with Crippen LogP contribution in [0.4, 0.5) is 22.7 Å². The first-order valence-corrected chi connectivity index (χ1v) is 34.3. The van der Waals surface area contributed by atoms with Gasteiger partial charge < -0.3 is 48.0 Å². The van der Waals surface area contributed by atoms with Gasteiger partial charge in [0.15, 0.2) is 0 Å². The Hall–Kier alpha value is -8.72. The zero-order chi connectivity index (χ0) is 67.9. The standard InChI is InChI=1S/2C35H38Cl2N8O4/c2*1-3-25(2)45-34(46)44(24-40-45)29-7-5-27(6-8-29)41-14-16-42(17-15-41)28-9-11-30(12-10-28)47-19-31-20-48-35(49-31,21-43-23-38-22-39-43)32-13-4-26(36)18-33(32)37/h2*4-13,18,22-25,31H,3,14-17,19-21H2,1-2H3/t2*25-,31+,35+/m10/s1. The lowest BCUT2D eigenvalue weighted by Crippen LogP contribution is -2.46. The summed E-state index contributed by atoms with van der Waals surface area (Å²) in [4.78, 5) is 43.2. The van der Waals surface area contributed by atoms with Gasteiger partial charge in [0.2, 0.25) is 11.6 Å². The average molecular weight is 1410 g/mol. The summed E-state index contributed by atoms with van der Waals surface area (Å²) in [5.74, 6) is -0.820. The molecule has 0 radical (unpaired) electrons. The van der Waals surface area contributed by atoms with Crippen molar-refractivity contribution in [1.29, 1.82) is 0 Å². The maximum absolute atomic E-state index is 12.8. The molecule has 14 rings (SSSR count). The van der Waals surface area contributed by atoms with Gasteiger partial charge in [-0.2, -0.15) is 20.4 Å². The Morgan fingerprint density at radius 2 is 0.796 bits per heavy atom. The maximum atomic E-state index is 12.8. The van der Waals surface area contributed by atoms with Crippen molar-refractivity contribution in [3.8, 4) is 22.9 Å². The van der Waals surface area contributed by atoms with Crippen LogP contribution in [0.1, 0.15) is 63.7 Å². The van der Waals surface area contributed by atoms with Gasteiger partial charge in [0.05, 0.1) is 46.7 Å². The molecule has 10 aromatic rings. The molecule has 0 N–H and O–H groups in total. The molecule has 8 heterocycles. The number of hydrogen-bond acceptors (Lipinski definition) is 18. The molecule has 28 heteroatoms. The van der Waals surface area contributed by atoms with Gasteiger partial charge in [-0.25, -0.2) is 47.4 Å². The molecular formula is C70H76Cl4N16O8. The van der Waals surface area contributed by atoms with Crippen LogP contribution in [-0.2, 0) is 43.6 Å². The predicted molar refractivity (Wildman–Crippen MR) is 376 cm³/mol.